The number of carbonyl (C=O) groups excluding carboxylic acids is 1. The number of hydrogen-bond donors (Lipinski definition) is 1. The monoisotopic (exact) mass is 247 g/mol. The zero-order valence-electron chi connectivity index (χ0n) is 11.1. The van der Waals surface area contributed by atoms with Crippen LogP contribution >= 0.6 is 0 Å². The number of carbonyl (C=O) groups is 1. The molecule has 0 radical (unpaired) electrons. The summed E-state index contributed by atoms with van der Waals surface area (Å²) in [6, 6.07) is 9.73. The van der Waals surface area contributed by atoms with Crippen LogP contribution in [0.1, 0.15) is 33.1 Å². The van der Waals surface area contributed by atoms with Crippen molar-refractivity contribution in [3.05, 3.63) is 30.3 Å². The van der Waals surface area contributed by atoms with Crippen molar-refractivity contribution in [3.63, 3.8) is 0 Å². The van der Waals surface area contributed by atoms with E-state index in [9.17, 15) is 4.79 Å². The number of ether oxygens (including phenoxy) is 1. The molecule has 1 aliphatic carbocycles. The molecule has 0 heterocycles. The second-order valence-electron chi connectivity index (χ2n) is 5.77. The van der Waals surface area contributed by atoms with Crippen LogP contribution in [0.5, 0.6) is 5.75 Å². The predicted octanol–water partition coefficient (Wildman–Crippen LogP) is 2.76. The topological polar surface area (TPSA) is 38.3 Å². The van der Waals surface area contributed by atoms with Crippen LogP contribution in [0.4, 0.5) is 0 Å². The van der Waals surface area contributed by atoms with Gasteiger partial charge in [0.05, 0.1) is 0 Å². The van der Waals surface area contributed by atoms with Crippen molar-refractivity contribution in [2.45, 2.75) is 39.2 Å². The Morgan fingerprint density at radius 2 is 2.11 bits per heavy atom. The number of rotatable bonds is 4. The molecule has 3 heteroatoms. The fraction of sp³-hybridized carbons (Fsp3) is 0.533. The van der Waals surface area contributed by atoms with Crippen molar-refractivity contribution >= 4 is 5.91 Å². The van der Waals surface area contributed by atoms with Crippen molar-refractivity contribution in [1.82, 2.24) is 5.32 Å². The summed E-state index contributed by atoms with van der Waals surface area (Å²) in [5, 5.41) is 3.04. The van der Waals surface area contributed by atoms with Crippen LogP contribution in [0.25, 0.3) is 0 Å². The summed E-state index contributed by atoms with van der Waals surface area (Å²) in [5.74, 6) is 0.709. The van der Waals surface area contributed by atoms with Gasteiger partial charge in [0.25, 0.3) is 5.91 Å². The summed E-state index contributed by atoms with van der Waals surface area (Å²) in [5.41, 5.74) is 0.359. The van der Waals surface area contributed by atoms with Gasteiger partial charge in [0.2, 0.25) is 0 Å². The van der Waals surface area contributed by atoms with Gasteiger partial charge in [-0.2, -0.15) is 0 Å². The largest absolute Gasteiger partial charge is 0.484 e. The molecule has 0 aromatic heterocycles. The van der Waals surface area contributed by atoms with Gasteiger partial charge in [0, 0.05) is 6.04 Å². The van der Waals surface area contributed by atoms with Gasteiger partial charge in [0.15, 0.2) is 6.61 Å². The van der Waals surface area contributed by atoms with E-state index >= 15 is 0 Å². The van der Waals surface area contributed by atoms with Crippen molar-refractivity contribution in [2.24, 2.45) is 5.41 Å². The fourth-order valence-corrected chi connectivity index (χ4v) is 2.49. The van der Waals surface area contributed by atoms with Gasteiger partial charge in [-0.1, -0.05) is 32.0 Å². The second-order valence-corrected chi connectivity index (χ2v) is 5.77. The summed E-state index contributed by atoms with van der Waals surface area (Å²) in [7, 11) is 0. The van der Waals surface area contributed by atoms with Gasteiger partial charge >= 0.3 is 0 Å². The highest BCUT2D eigenvalue weighted by Crippen LogP contribution is 2.36. The maximum Gasteiger partial charge on any atom is 0.258 e. The van der Waals surface area contributed by atoms with Crippen molar-refractivity contribution in [1.29, 1.82) is 0 Å². The molecule has 18 heavy (non-hydrogen) atoms. The Labute approximate surface area is 109 Å². The predicted molar refractivity (Wildman–Crippen MR) is 71.5 cm³/mol. The number of hydrogen-bond acceptors (Lipinski definition) is 2. The standard InChI is InChI=1S/C15H21NO2/c1-15(2)9-8-12(10-15)16-14(17)11-18-13-6-4-3-5-7-13/h3-7,12H,8-11H2,1-2H3,(H,16,17). The van der Waals surface area contributed by atoms with Crippen LogP contribution in [0.3, 0.4) is 0 Å². The average molecular weight is 247 g/mol. The van der Waals surface area contributed by atoms with Crippen LogP contribution in [0.2, 0.25) is 0 Å². The molecule has 0 bridgehead atoms. The van der Waals surface area contributed by atoms with E-state index < -0.39 is 0 Å². The first-order chi connectivity index (χ1) is 8.55. The van der Waals surface area contributed by atoms with E-state index in [2.05, 4.69) is 19.2 Å². The summed E-state index contributed by atoms with van der Waals surface area (Å²) in [6.07, 6.45) is 3.31. The third kappa shape index (κ3) is 3.76. The zero-order valence-corrected chi connectivity index (χ0v) is 11.1. The Morgan fingerprint density at radius 3 is 2.72 bits per heavy atom. The smallest absolute Gasteiger partial charge is 0.258 e. The highest BCUT2D eigenvalue weighted by atomic mass is 16.5. The molecule has 3 nitrogen and oxygen atoms in total. The van der Waals surface area contributed by atoms with E-state index in [-0.39, 0.29) is 12.5 Å². The Hall–Kier alpha value is -1.51. The SMILES string of the molecule is CC1(C)CCC(NC(=O)COc2ccccc2)C1. The molecule has 1 aromatic carbocycles. The van der Waals surface area contributed by atoms with Crippen LogP contribution in [-0.2, 0) is 4.79 Å². The Kier molecular flexibility index (Phi) is 3.90. The molecule has 0 spiro atoms. The first-order valence-electron chi connectivity index (χ1n) is 6.52. The van der Waals surface area contributed by atoms with Crippen LogP contribution in [-0.4, -0.2) is 18.6 Å². The van der Waals surface area contributed by atoms with Crippen molar-refractivity contribution < 1.29 is 9.53 Å². The van der Waals surface area contributed by atoms with Crippen molar-refractivity contribution in [2.75, 3.05) is 6.61 Å². The molecule has 2 rings (SSSR count). The third-order valence-corrected chi connectivity index (χ3v) is 3.45. The summed E-state index contributed by atoms with van der Waals surface area (Å²) in [6.45, 7) is 4.60. The average Bonchev–Trinajstić information content (AvgIpc) is 2.67. The number of amides is 1. The number of benzene rings is 1. The van der Waals surface area contributed by atoms with Gasteiger partial charge in [-0.3, -0.25) is 4.79 Å². The lowest BCUT2D eigenvalue weighted by molar-refractivity contribution is -0.123. The van der Waals surface area contributed by atoms with Crippen molar-refractivity contribution in [3.8, 4) is 5.75 Å². The fourth-order valence-electron chi connectivity index (χ4n) is 2.49. The molecular formula is C15H21NO2. The lowest BCUT2D eigenvalue weighted by Crippen LogP contribution is -2.36. The summed E-state index contributed by atoms with van der Waals surface area (Å²) >= 11 is 0. The molecule has 1 fully saturated rings. The highest BCUT2D eigenvalue weighted by molar-refractivity contribution is 5.77. The molecule has 1 saturated carbocycles. The lowest BCUT2D eigenvalue weighted by atomic mass is 9.92. The molecule has 0 saturated heterocycles. The Bertz CT molecular complexity index is 400. The van der Waals surface area contributed by atoms with Crippen LogP contribution < -0.4 is 10.1 Å². The van der Waals surface area contributed by atoms with E-state index in [1.807, 2.05) is 30.3 Å². The molecule has 1 unspecified atom stereocenters. The molecule has 1 aliphatic rings. The second kappa shape index (κ2) is 5.42. The molecule has 0 aliphatic heterocycles. The third-order valence-electron chi connectivity index (χ3n) is 3.45. The molecule has 1 amide bonds. The number of nitrogens with one attached hydrogen (secondary N) is 1. The van der Waals surface area contributed by atoms with Gasteiger partial charge < -0.3 is 10.1 Å². The van der Waals surface area contributed by atoms with Gasteiger partial charge in [0.1, 0.15) is 5.75 Å². The van der Waals surface area contributed by atoms with E-state index in [1.54, 1.807) is 0 Å². The lowest BCUT2D eigenvalue weighted by Gasteiger charge is -2.17. The first kappa shape index (κ1) is 12.9. The molecule has 1 atom stereocenters. The minimum absolute atomic E-state index is 0.0263. The molecule has 98 valence electrons. The molecule has 1 N–H and O–H groups in total. The normalized spacial score (nSPS) is 21.6. The van der Waals surface area contributed by atoms with E-state index in [4.69, 9.17) is 4.74 Å². The first-order valence-corrected chi connectivity index (χ1v) is 6.52. The van der Waals surface area contributed by atoms with E-state index in [0.717, 1.165) is 18.6 Å². The van der Waals surface area contributed by atoms with Gasteiger partial charge in [-0.05, 0) is 36.8 Å². The minimum Gasteiger partial charge on any atom is -0.484 e. The Balaban J connectivity index is 1.73. The summed E-state index contributed by atoms with van der Waals surface area (Å²) < 4.78 is 5.42. The molecule has 1 aromatic rings. The Morgan fingerprint density at radius 1 is 1.39 bits per heavy atom. The van der Waals surface area contributed by atoms with Crippen LogP contribution in [0.15, 0.2) is 30.3 Å². The maximum absolute atomic E-state index is 11.7. The maximum atomic E-state index is 11.7. The molecular weight excluding hydrogens is 226 g/mol. The minimum atomic E-state index is -0.0263. The van der Waals surface area contributed by atoms with Gasteiger partial charge in [-0.15, -0.1) is 0 Å². The highest BCUT2D eigenvalue weighted by Gasteiger charge is 2.31. The quantitative estimate of drug-likeness (QED) is 0.888. The number of para-hydroxylation sites is 1. The van der Waals surface area contributed by atoms with E-state index in [0.29, 0.717) is 11.5 Å². The van der Waals surface area contributed by atoms with Crippen LogP contribution in [0, 0.1) is 5.41 Å². The van der Waals surface area contributed by atoms with E-state index in [1.165, 1.54) is 6.42 Å². The zero-order chi connectivity index (χ0) is 13.0. The summed E-state index contributed by atoms with van der Waals surface area (Å²) in [4.78, 5) is 11.7. The van der Waals surface area contributed by atoms with Gasteiger partial charge in [-0.25, -0.2) is 0 Å².